The molecule has 0 bridgehead atoms. The van der Waals surface area contributed by atoms with Crippen LogP contribution in [-0.4, -0.2) is 77.4 Å². The maximum atomic E-state index is 13.7. The summed E-state index contributed by atoms with van der Waals surface area (Å²) in [7, 11) is 0. The van der Waals surface area contributed by atoms with Gasteiger partial charge < -0.3 is 19.3 Å². The van der Waals surface area contributed by atoms with Gasteiger partial charge in [0, 0.05) is 38.4 Å². The fourth-order valence-electron chi connectivity index (χ4n) is 5.35. The Morgan fingerprint density at radius 1 is 1.04 bits per heavy atom. The molecule has 0 aromatic heterocycles. The second-order valence-corrected chi connectivity index (χ2v) is 12.8. The van der Waals surface area contributed by atoms with Gasteiger partial charge in [-0.15, -0.1) is 0 Å². The number of carbonyl (C=O) groups is 2. The number of rotatable bonds is 7. The van der Waals surface area contributed by atoms with Gasteiger partial charge in [-0.25, -0.2) is 4.79 Å². The van der Waals surface area contributed by atoms with Crippen molar-refractivity contribution in [2.45, 2.75) is 65.3 Å². The quantitative estimate of drug-likeness (QED) is 0.340. The smallest absolute Gasteiger partial charge is 0.417 e. The van der Waals surface area contributed by atoms with Crippen LogP contribution >= 0.6 is 12.2 Å². The molecule has 0 unspecified atom stereocenters. The lowest BCUT2D eigenvalue weighted by Gasteiger charge is -2.35. The molecule has 0 spiro atoms. The van der Waals surface area contributed by atoms with Gasteiger partial charge in [0.15, 0.2) is 5.11 Å². The summed E-state index contributed by atoms with van der Waals surface area (Å²) in [6.45, 7) is 14.5. The van der Waals surface area contributed by atoms with Gasteiger partial charge in [0.2, 0.25) is 0 Å². The highest BCUT2D eigenvalue weighted by Crippen LogP contribution is 2.40. The molecule has 0 atom stereocenters. The number of thiocarbonyl (C=S) groups is 1. The van der Waals surface area contributed by atoms with E-state index in [1.165, 1.54) is 6.07 Å². The Labute approximate surface area is 267 Å². The number of amides is 2. The van der Waals surface area contributed by atoms with Crippen LogP contribution in [0, 0.1) is 11.3 Å². The molecule has 2 amide bonds. The molecule has 4 rings (SSSR count). The van der Waals surface area contributed by atoms with E-state index in [0.29, 0.717) is 57.2 Å². The number of anilines is 2. The van der Waals surface area contributed by atoms with Crippen LogP contribution in [0.25, 0.3) is 0 Å². The molecule has 45 heavy (non-hydrogen) atoms. The first-order valence-corrected chi connectivity index (χ1v) is 15.1. The van der Waals surface area contributed by atoms with Crippen LogP contribution in [0.1, 0.15) is 58.2 Å². The number of nitrogens with zero attached hydrogens (tertiary/aromatic N) is 5. The van der Waals surface area contributed by atoms with Crippen molar-refractivity contribution >= 4 is 40.7 Å². The lowest BCUT2D eigenvalue weighted by atomic mass is 10.0. The monoisotopic (exact) mass is 645 g/mol. The number of benzene rings is 2. The Morgan fingerprint density at radius 2 is 1.69 bits per heavy atom. The van der Waals surface area contributed by atoms with Crippen LogP contribution in [0.15, 0.2) is 36.4 Å². The highest BCUT2D eigenvalue weighted by Gasteiger charge is 2.51. The molecule has 0 saturated carbocycles. The van der Waals surface area contributed by atoms with E-state index in [9.17, 15) is 28.0 Å². The van der Waals surface area contributed by atoms with Gasteiger partial charge in [-0.3, -0.25) is 14.6 Å². The minimum Gasteiger partial charge on any atom is -0.492 e. The summed E-state index contributed by atoms with van der Waals surface area (Å²) in [5.41, 5.74) is -1.98. The Balaban J connectivity index is 1.45. The molecule has 0 N–H and O–H groups in total. The molecule has 2 heterocycles. The Morgan fingerprint density at radius 3 is 2.27 bits per heavy atom. The summed E-state index contributed by atoms with van der Waals surface area (Å²) in [4.78, 5) is 32.5. The third kappa shape index (κ3) is 7.34. The van der Waals surface area contributed by atoms with Crippen molar-refractivity contribution in [3.8, 4) is 11.8 Å². The SMILES string of the molecule is CCc1cc(N2C(=S)N(c3ccc(C#N)c(C(F)(F)F)c3)C(=O)C2(C)C)ccc1OCCN1CCN(C(=O)OC(C)(C)C)CC1. The molecule has 2 fully saturated rings. The number of alkyl halides is 3. The van der Waals surface area contributed by atoms with Crippen LogP contribution < -0.4 is 14.5 Å². The first-order chi connectivity index (χ1) is 21.0. The van der Waals surface area contributed by atoms with Gasteiger partial charge in [0.05, 0.1) is 22.9 Å². The molecule has 0 aliphatic carbocycles. The van der Waals surface area contributed by atoms with Crippen LogP contribution in [0.2, 0.25) is 0 Å². The summed E-state index contributed by atoms with van der Waals surface area (Å²) in [5, 5.41) is 9.20. The number of piperazine rings is 1. The van der Waals surface area contributed by atoms with Gasteiger partial charge in [0.1, 0.15) is 23.5 Å². The molecule has 2 aromatic carbocycles. The van der Waals surface area contributed by atoms with Crippen molar-refractivity contribution in [1.82, 2.24) is 9.80 Å². The third-order valence-corrected chi connectivity index (χ3v) is 8.09. The number of carbonyl (C=O) groups excluding carboxylic acids is 2. The van der Waals surface area contributed by atoms with Gasteiger partial charge in [-0.05, 0) is 95.2 Å². The van der Waals surface area contributed by atoms with Crippen molar-refractivity contribution in [1.29, 1.82) is 5.26 Å². The van der Waals surface area contributed by atoms with E-state index >= 15 is 0 Å². The molecule has 2 saturated heterocycles. The Kier molecular flexibility index (Phi) is 9.70. The van der Waals surface area contributed by atoms with Gasteiger partial charge in [-0.2, -0.15) is 18.4 Å². The fourth-order valence-corrected chi connectivity index (χ4v) is 5.87. The summed E-state index contributed by atoms with van der Waals surface area (Å²) < 4.78 is 52.6. The number of hydrogen-bond donors (Lipinski definition) is 0. The minimum absolute atomic E-state index is 0.0316. The first-order valence-electron chi connectivity index (χ1n) is 14.7. The molecular formula is C32H38F3N5O4S. The van der Waals surface area contributed by atoms with Crippen molar-refractivity contribution in [2.75, 3.05) is 49.1 Å². The van der Waals surface area contributed by atoms with Crippen LogP contribution in [0.5, 0.6) is 5.75 Å². The fraction of sp³-hybridized carbons (Fsp3) is 0.500. The normalized spacial score (nSPS) is 17.5. The number of halogens is 3. The molecule has 2 aromatic rings. The summed E-state index contributed by atoms with van der Waals surface area (Å²) in [6.07, 6.45) is -4.46. The number of ether oxygens (including phenoxy) is 2. The van der Waals surface area contributed by atoms with E-state index in [1.54, 1.807) is 35.8 Å². The number of nitriles is 1. The van der Waals surface area contributed by atoms with Crippen molar-refractivity contribution < 1.29 is 32.2 Å². The molecular weight excluding hydrogens is 607 g/mol. The van der Waals surface area contributed by atoms with Crippen molar-refractivity contribution in [3.05, 3.63) is 53.1 Å². The standard InChI is InChI=1S/C32H38F3N5O4S/c1-7-21-18-24(10-11-26(21)43-17-16-37-12-14-38(15-13-37)29(42)44-30(2,3)4)40-28(45)39(27(41)31(40,5)6)23-9-8-22(20-36)25(19-23)32(33,34)35/h8-11,18-19H,7,12-17H2,1-6H3. The van der Waals surface area contributed by atoms with Crippen molar-refractivity contribution in [2.24, 2.45) is 0 Å². The summed E-state index contributed by atoms with van der Waals surface area (Å²) in [6, 6.07) is 10.1. The minimum atomic E-state index is -4.78. The first kappa shape index (κ1) is 34.0. The topological polar surface area (TPSA) is 89.4 Å². The number of aryl methyl sites for hydroxylation is 1. The lowest BCUT2D eigenvalue weighted by molar-refractivity contribution is -0.137. The molecule has 0 radical (unpaired) electrons. The van der Waals surface area contributed by atoms with E-state index in [0.717, 1.165) is 22.6 Å². The maximum absolute atomic E-state index is 13.7. The second kappa shape index (κ2) is 12.8. The molecule has 13 heteroatoms. The van der Waals surface area contributed by atoms with E-state index in [2.05, 4.69) is 4.90 Å². The Hall–Kier alpha value is -3.89. The zero-order valence-corrected chi connectivity index (χ0v) is 27.1. The van der Waals surface area contributed by atoms with Gasteiger partial charge in [-0.1, -0.05) is 6.92 Å². The molecule has 242 valence electrons. The van der Waals surface area contributed by atoms with Crippen molar-refractivity contribution in [3.63, 3.8) is 0 Å². The zero-order valence-electron chi connectivity index (χ0n) is 26.3. The predicted octanol–water partition coefficient (Wildman–Crippen LogP) is 5.99. The molecule has 2 aliphatic rings. The zero-order chi connectivity index (χ0) is 33.3. The van der Waals surface area contributed by atoms with Crippen LogP contribution in [0.3, 0.4) is 0 Å². The van der Waals surface area contributed by atoms with E-state index in [1.807, 2.05) is 39.8 Å². The summed E-state index contributed by atoms with van der Waals surface area (Å²) in [5.74, 6) is 0.192. The second-order valence-electron chi connectivity index (χ2n) is 12.5. The van der Waals surface area contributed by atoms with E-state index < -0.39 is 34.4 Å². The predicted molar refractivity (Wildman–Crippen MR) is 168 cm³/mol. The highest BCUT2D eigenvalue weighted by atomic mass is 32.1. The Bertz CT molecular complexity index is 1510. The largest absolute Gasteiger partial charge is 0.492 e. The number of hydrogen-bond acceptors (Lipinski definition) is 7. The van der Waals surface area contributed by atoms with E-state index in [-0.39, 0.29) is 16.9 Å². The average Bonchev–Trinajstić information content (AvgIpc) is 3.14. The molecule has 9 nitrogen and oxygen atoms in total. The van der Waals surface area contributed by atoms with Gasteiger partial charge >= 0.3 is 12.3 Å². The molecule has 2 aliphatic heterocycles. The van der Waals surface area contributed by atoms with Gasteiger partial charge in [0.25, 0.3) is 5.91 Å². The maximum Gasteiger partial charge on any atom is 0.417 e. The highest BCUT2D eigenvalue weighted by molar-refractivity contribution is 7.81. The summed E-state index contributed by atoms with van der Waals surface area (Å²) >= 11 is 5.67. The average molecular weight is 646 g/mol. The van der Waals surface area contributed by atoms with Crippen LogP contribution in [0.4, 0.5) is 29.3 Å². The lowest BCUT2D eigenvalue weighted by Crippen LogP contribution is -2.50. The third-order valence-electron chi connectivity index (χ3n) is 7.73. The van der Waals surface area contributed by atoms with Crippen LogP contribution in [-0.2, 0) is 22.1 Å². The van der Waals surface area contributed by atoms with E-state index in [4.69, 9.17) is 21.7 Å².